The van der Waals surface area contributed by atoms with Crippen LogP contribution in [-0.2, 0) is 14.6 Å². The highest BCUT2D eigenvalue weighted by molar-refractivity contribution is 7.92. The van der Waals surface area contributed by atoms with Crippen molar-refractivity contribution >= 4 is 15.7 Å². The maximum atomic E-state index is 11.3. The molecule has 0 radical (unpaired) electrons. The predicted octanol–water partition coefficient (Wildman–Crippen LogP) is -0.596. The van der Waals surface area contributed by atoms with Crippen molar-refractivity contribution in [3.05, 3.63) is 0 Å². The van der Waals surface area contributed by atoms with Crippen molar-refractivity contribution in [1.82, 2.24) is 4.90 Å². The summed E-state index contributed by atoms with van der Waals surface area (Å²) in [6.07, 6.45) is 0.655. The number of carbonyl (C=O) groups is 1. The minimum atomic E-state index is -2.85. The van der Waals surface area contributed by atoms with Crippen molar-refractivity contribution in [2.75, 3.05) is 12.3 Å². The summed E-state index contributed by atoms with van der Waals surface area (Å²) >= 11 is 0. The Morgan fingerprint density at radius 2 is 2.17 bits per heavy atom. The molecule has 0 aromatic rings. The topological polar surface area (TPSA) is 54.5 Å². The van der Waals surface area contributed by atoms with Crippen LogP contribution in [0.5, 0.6) is 0 Å². The second kappa shape index (κ2) is 2.22. The summed E-state index contributed by atoms with van der Waals surface area (Å²) in [6.45, 7) is 1.91. The normalized spacial score (nSPS) is 37.2. The highest BCUT2D eigenvalue weighted by atomic mass is 32.2. The molecule has 12 heavy (non-hydrogen) atoms. The second-order valence-corrected chi connectivity index (χ2v) is 5.84. The maximum absolute atomic E-state index is 11.3. The quantitative estimate of drug-likeness (QED) is 0.511. The molecule has 5 heteroatoms. The molecule has 2 heterocycles. The molecule has 0 saturated carbocycles. The van der Waals surface area contributed by atoms with Crippen LogP contribution < -0.4 is 0 Å². The standard InChI is InChI=1S/C7H11NO3S/c1-5(9)8-3-7-2-6(8)4-12(7,10)11/h6-7H,2-4H2,1H3. The lowest BCUT2D eigenvalue weighted by atomic mass is 10.2. The molecule has 4 nitrogen and oxygen atoms in total. The number of fused-ring (bicyclic) bond motifs is 2. The molecule has 0 aromatic heterocycles. The lowest BCUT2D eigenvalue weighted by molar-refractivity contribution is -0.129. The van der Waals surface area contributed by atoms with Gasteiger partial charge < -0.3 is 4.90 Å². The van der Waals surface area contributed by atoms with Crippen LogP contribution in [0.2, 0.25) is 0 Å². The van der Waals surface area contributed by atoms with Gasteiger partial charge in [0.1, 0.15) is 0 Å². The zero-order valence-corrected chi connectivity index (χ0v) is 7.67. The van der Waals surface area contributed by atoms with Crippen LogP contribution in [0.4, 0.5) is 0 Å². The van der Waals surface area contributed by atoms with Gasteiger partial charge in [-0.05, 0) is 6.42 Å². The fraction of sp³-hybridized carbons (Fsp3) is 0.857. The Morgan fingerprint density at radius 3 is 2.50 bits per heavy atom. The van der Waals surface area contributed by atoms with E-state index >= 15 is 0 Å². The van der Waals surface area contributed by atoms with Crippen molar-refractivity contribution in [3.8, 4) is 0 Å². The number of hydrogen-bond donors (Lipinski definition) is 0. The predicted molar refractivity (Wildman–Crippen MR) is 43.4 cm³/mol. The van der Waals surface area contributed by atoms with E-state index in [9.17, 15) is 13.2 Å². The Morgan fingerprint density at radius 1 is 1.50 bits per heavy atom. The van der Waals surface area contributed by atoms with E-state index < -0.39 is 9.84 Å². The van der Waals surface area contributed by atoms with Gasteiger partial charge in [-0.2, -0.15) is 0 Å². The third kappa shape index (κ3) is 0.957. The number of carbonyl (C=O) groups excluding carboxylic acids is 1. The molecule has 2 atom stereocenters. The Hall–Kier alpha value is -0.580. The van der Waals surface area contributed by atoms with Crippen molar-refractivity contribution in [1.29, 1.82) is 0 Å². The molecular weight excluding hydrogens is 178 g/mol. The highest BCUT2D eigenvalue weighted by Crippen LogP contribution is 2.32. The first-order chi connectivity index (χ1) is 5.50. The summed E-state index contributed by atoms with van der Waals surface area (Å²) in [5.74, 6) is 0.175. The molecule has 68 valence electrons. The van der Waals surface area contributed by atoms with Gasteiger partial charge in [0.2, 0.25) is 5.91 Å². The van der Waals surface area contributed by atoms with Crippen LogP contribution in [0.1, 0.15) is 13.3 Å². The first-order valence-electron chi connectivity index (χ1n) is 3.99. The molecule has 2 aliphatic heterocycles. The van der Waals surface area contributed by atoms with E-state index in [0.29, 0.717) is 13.0 Å². The van der Waals surface area contributed by atoms with Gasteiger partial charge in [0, 0.05) is 19.5 Å². The van der Waals surface area contributed by atoms with Crippen LogP contribution >= 0.6 is 0 Å². The molecular formula is C7H11NO3S. The van der Waals surface area contributed by atoms with E-state index in [0.717, 1.165) is 0 Å². The summed E-state index contributed by atoms with van der Waals surface area (Å²) in [4.78, 5) is 12.7. The molecule has 2 rings (SSSR count). The van der Waals surface area contributed by atoms with Gasteiger partial charge >= 0.3 is 0 Å². The van der Waals surface area contributed by atoms with Gasteiger partial charge in [0.25, 0.3) is 0 Å². The van der Waals surface area contributed by atoms with Crippen molar-refractivity contribution in [3.63, 3.8) is 0 Å². The first-order valence-corrected chi connectivity index (χ1v) is 5.71. The fourth-order valence-corrected chi connectivity index (χ4v) is 4.11. The van der Waals surface area contributed by atoms with Gasteiger partial charge in [0.15, 0.2) is 9.84 Å². The molecule has 0 aliphatic carbocycles. The Labute approximate surface area is 71.5 Å². The molecule has 2 bridgehead atoms. The molecule has 0 aromatic carbocycles. The fourth-order valence-electron chi connectivity index (χ4n) is 2.08. The Bertz CT molecular complexity index is 322. The number of hydrogen-bond acceptors (Lipinski definition) is 3. The number of amides is 1. The van der Waals surface area contributed by atoms with Crippen LogP contribution in [0, 0.1) is 0 Å². The summed E-state index contributed by atoms with van der Waals surface area (Å²) in [7, 11) is -2.85. The lowest BCUT2D eigenvalue weighted by Crippen LogP contribution is -2.42. The average molecular weight is 189 g/mol. The third-order valence-electron chi connectivity index (χ3n) is 2.71. The maximum Gasteiger partial charge on any atom is 0.219 e. The van der Waals surface area contributed by atoms with Gasteiger partial charge in [-0.1, -0.05) is 0 Å². The number of sulfone groups is 1. The zero-order chi connectivity index (χ0) is 8.93. The van der Waals surface area contributed by atoms with Crippen LogP contribution in [0.15, 0.2) is 0 Å². The monoisotopic (exact) mass is 189 g/mol. The van der Waals surface area contributed by atoms with Gasteiger partial charge in [-0.15, -0.1) is 0 Å². The van der Waals surface area contributed by atoms with Crippen LogP contribution in [0.25, 0.3) is 0 Å². The molecule has 2 fully saturated rings. The summed E-state index contributed by atoms with van der Waals surface area (Å²) in [5.41, 5.74) is 0. The van der Waals surface area contributed by atoms with E-state index in [2.05, 4.69) is 0 Å². The van der Waals surface area contributed by atoms with Crippen LogP contribution in [0.3, 0.4) is 0 Å². The molecule has 1 amide bonds. The van der Waals surface area contributed by atoms with Gasteiger partial charge in [0.05, 0.1) is 11.0 Å². The molecule has 0 N–H and O–H groups in total. The third-order valence-corrected chi connectivity index (χ3v) is 4.92. The lowest BCUT2D eigenvalue weighted by Gasteiger charge is -2.25. The van der Waals surface area contributed by atoms with E-state index in [-0.39, 0.29) is 23.0 Å². The minimum absolute atomic E-state index is 0.00241. The summed E-state index contributed by atoms with van der Waals surface area (Å²) < 4.78 is 22.5. The minimum Gasteiger partial charge on any atom is -0.338 e. The van der Waals surface area contributed by atoms with Crippen molar-refractivity contribution in [2.24, 2.45) is 0 Å². The SMILES string of the molecule is CC(=O)N1CC2CC1CS2(=O)=O. The van der Waals surface area contributed by atoms with E-state index in [1.165, 1.54) is 6.92 Å². The van der Waals surface area contributed by atoms with Gasteiger partial charge in [-0.25, -0.2) is 8.42 Å². The van der Waals surface area contributed by atoms with E-state index in [4.69, 9.17) is 0 Å². The van der Waals surface area contributed by atoms with Crippen molar-refractivity contribution in [2.45, 2.75) is 24.6 Å². The molecule has 2 unspecified atom stereocenters. The number of likely N-dealkylation sites (tertiary alicyclic amines) is 1. The second-order valence-electron chi connectivity index (χ2n) is 3.51. The smallest absolute Gasteiger partial charge is 0.219 e. The summed E-state index contributed by atoms with van der Waals surface area (Å²) in [6, 6.07) is -0.0301. The number of rotatable bonds is 0. The first kappa shape index (κ1) is 8.04. The number of nitrogens with zero attached hydrogens (tertiary/aromatic N) is 1. The van der Waals surface area contributed by atoms with E-state index in [1.807, 2.05) is 0 Å². The van der Waals surface area contributed by atoms with Gasteiger partial charge in [-0.3, -0.25) is 4.79 Å². The van der Waals surface area contributed by atoms with Crippen molar-refractivity contribution < 1.29 is 13.2 Å². The van der Waals surface area contributed by atoms with E-state index in [1.54, 1.807) is 4.90 Å². The molecule has 2 aliphatic rings. The Balaban J connectivity index is 2.24. The average Bonchev–Trinajstić information content (AvgIpc) is 2.40. The highest BCUT2D eigenvalue weighted by Gasteiger charge is 2.49. The largest absolute Gasteiger partial charge is 0.338 e. The molecule has 2 saturated heterocycles. The Kier molecular flexibility index (Phi) is 1.49. The molecule has 0 spiro atoms. The summed E-state index contributed by atoms with van der Waals surface area (Å²) in [5, 5.41) is -0.272. The zero-order valence-electron chi connectivity index (χ0n) is 6.86. The van der Waals surface area contributed by atoms with Crippen LogP contribution in [-0.4, -0.2) is 42.8 Å².